The second kappa shape index (κ2) is 9.75. The quantitative estimate of drug-likeness (QED) is 0.597. The molecule has 2 aliphatic rings. The molecule has 3 N–H and O–H groups in total. The van der Waals surface area contributed by atoms with E-state index in [-0.39, 0.29) is 11.8 Å². The van der Waals surface area contributed by atoms with Crippen molar-refractivity contribution < 1.29 is 4.79 Å². The highest BCUT2D eigenvalue weighted by molar-refractivity contribution is 5.80. The van der Waals surface area contributed by atoms with Crippen molar-refractivity contribution >= 4 is 17.7 Å². The molecule has 1 aromatic heterocycles. The standard InChI is InChI=1S/C21H34N6O/c1-3-23-21(27-11-5-6-16(2)15-27)25-14-18-7-4-10-24-20(18)26-12-8-17(9-13-26)19(22)28/h4,7,10,16-17H,3,5-6,8-9,11-15H2,1-2H3,(H2,22,28)(H,23,25). The lowest BCUT2D eigenvalue weighted by Crippen LogP contribution is -2.46. The second-order valence-corrected chi connectivity index (χ2v) is 8.01. The number of aromatic nitrogens is 1. The molecule has 1 amide bonds. The number of primary amides is 1. The van der Waals surface area contributed by atoms with Gasteiger partial charge in [-0.05, 0) is 44.6 Å². The van der Waals surface area contributed by atoms with Gasteiger partial charge in [0.15, 0.2) is 5.96 Å². The topological polar surface area (TPSA) is 86.9 Å². The molecule has 154 valence electrons. The Morgan fingerprint density at radius 3 is 2.79 bits per heavy atom. The Kier molecular flexibility index (Phi) is 7.12. The molecule has 2 saturated heterocycles. The Labute approximate surface area is 168 Å². The maximum atomic E-state index is 11.4. The summed E-state index contributed by atoms with van der Waals surface area (Å²) < 4.78 is 0. The van der Waals surface area contributed by atoms with Crippen LogP contribution in [0.5, 0.6) is 0 Å². The maximum Gasteiger partial charge on any atom is 0.220 e. The molecular weight excluding hydrogens is 352 g/mol. The number of amides is 1. The molecule has 1 atom stereocenters. The van der Waals surface area contributed by atoms with Crippen molar-refractivity contribution in [2.45, 2.75) is 46.1 Å². The minimum Gasteiger partial charge on any atom is -0.369 e. The molecule has 3 heterocycles. The van der Waals surface area contributed by atoms with Crippen LogP contribution < -0.4 is 16.0 Å². The van der Waals surface area contributed by atoms with Crippen LogP contribution in [0.25, 0.3) is 0 Å². The number of hydrogen-bond donors (Lipinski definition) is 2. The van der Waals surface area contributed by atoms with Crippen molar-refractivity contribution in [3.05, 3.63) is 23.9 Å². The third-order valence-corrected chi connectivity index (χ3v) is 5.75. The largest absolute Gasteiger partial charge is 0.369 e. The number of guanidine groups is 1. The van der Waals surface area contributed by atoms with Crippen molar-refractivity contribution in [3.8, 4) is 0 Å². The number of nitrogens with one attached hydrogen (secondary N) is 1. The number of carbonyl (C=O) groups is 1. The van der Waals surface area contributed by atoms with Gasteiger partial charge in [-0.2, -0.15) is 0 Å². The molecule has 1 unspecified atom stereocenters. The number of rotatable bonds is 5. The zero-order chi connectivity index (χ0) is 19.9. The van der Waals surface area contributed by atoms with Crippen molar-refractivity contribution in [3.63, 3.8) is 0 Å². The summed E-state index contributed by atoms with van der Waals surface area (Å²) in [6.45, 7) is 9.64. The molecule has 0 saturated carbocycles. The van der Waals surface area contributed by atoms with E-state index >= 15 is 0 Å². The van der Waals surface area contributed by atoms with Crippen LogP contribution in [0.2, 0.25) is 0 Å². The number of hydrogen-bond acceptors (Lipinski definition) is 4. The first kappa shape index (κ1) is 20.4. The van der Waals surface area contributed by atoms with Gasteiger partial charge in [-0.15, -0.1) is 0 Å². The number of nitrogens with zero attached hydrogens (tertiary/aromatic N) is 4. The summed E-state index contributed by atoms with van der Waals surface area (Å²) in [5.74, 6) is 2.49. The maximum absolute atomic E-state index is 11.4. The molecule has 7 nitrogen and oxygen atoms in total. The van der Waals surface area contributed by atoms with E-state index in [1.54, 1.807) is 0 Å². The molecule has 2 aliphatic heterocycles. The van der Waals surface area contributed by atoms with Gasteiger partial charge in [-0.3, -0.25) is 4.79 Å². The van der Waals surface area contributed by atoms with Gasteiger partial charge in [-0.1, -0.05) is 13.0 Å². The third-order valence-electron chi connectivity index (χ3n) is 5.75. The summed E-state index contributed by atoms with van der Waals surface area (Å²) in [7, 11) is 0. The van der Waals surface area contributed by atoms with Crippen LogP contribution in [0.3, 0.4) is 0 Å². The molecule has 3 rings (SSSR count). The van der Waals surface area contributed by atoms with Crippen molar-refractivity contribution in [2.24, 2.45) is 22.6 Å². The van der Waals surface area contributed by atoms with E-state index in [0.29, 0.717) is 12.5 Å². The number of carbonyl (C=O) groups excluding carboxylic acids is 1. The SMILES string of the molecule is CCNC(=NCc1cccnc1N1CCC(C(N)=O)CC1)N1CCCC(C)C1. The summed E-state index contributed by atoms with van der Waals surface area (Å²) in [4.78, 5) is 25.6. The van der Waals surface area contributed by atoms with Gasteiger partial charge in [0.2, 0.25) is 5.91 Å². The van der Waals surface area contributed by atoms with Gasteiger partial charge < -0.3 is 20.9 Å². The van der Waals surface area contributed by atoms with Gasteiger partial charge in [0.05, 0.1) is 6.54 Å². The zero-order valence-electron chi connectivity index (χ0n) is 17.2. The zero-order valence-corrected chi connectivity index (χ0v) is 17.2. The predicted molar refractivity (Wildman–Crippen MR) is 113 cm³/mol. The van der Waals surface area contributed by atoms with Crippen LogP contribution in [0, 0.1) is 11.8 Å². The van der Waals surface area contributed by atoms with E-state index in [9.17, 15) is 4.79 Å². The van der Waals surface area contributed by atoms with Crippen LogP contribution in [0.15, 0.2) is 23.3 Å². The lowest BCUT2D eigenvalue weighted by atomic mass is 9.96. The minimum absolute atomic E-state index is 0.0112. The minimum atomic E-state index is -0.184. The van der Waals surface area contributed by atoms with E-state index in [0.717, 1.165) is 62.9 Å². The fourth-order valence-corrected chi connectivity index (χ4v) is 4.18. The molecule has 28 heavy (non-hydrogen) atoms. The van der Waals surface area contributed by atoms with Crippen LogP contribution in [-0.4, -0.2) is 54.5 Å². The summed E-state index contributed by atoms with van der Waals surface area (Å²) >= 11 is 0. The Morgan fingerprint density at radius 1 is 1.32 bits per heavy atom. The van der Waals surface area contributed by atoms with Crippen LogP contribution in [-0.2, 0) is 11.3 Å². The molecular formula is C21H34N6O. The Hall–Kier alpha value is -2.31. The van der Waals surface area contributed by atoms with Gasteiger partial charge in [-0.25, -0.2) is 9.98 Å². The van der Waals surface area contributed by atoms with Crippen molar-refractivity contribution in [1.82, 2.24) is 15.2 Å². The number of aliphatic imine (C=N–C) groups is 1. The normalized spacial score (nSPS) is 21.6. The monoisotopic (exact) mass is 386 g/mol. The van der Waals surface area contributed by atoms with Gasteiger partial charge in [0, 0.05) is 50.4 Å². The van der Waals surface area contributed by atoms with Gasteiger partial charge >= 0.3 is 0 Å². The van der Waals surface area contributed by atoms with Crippen molar-refractivity contribution in [1.29, 1.82) is 0 Å². The van der Waals surface area contributed by atoms with E-state index in [1.165, 1.54) is 12.8 Å². The number of pyridine rings is 1. The number of anilines is 1. The summed E-state index contributed by atoms with van der Waals surface area (Å²) in [6, 6.07) is 4.08. The van der Waals surface area contributed by atoms with Gasteiger partial charge in [0.25, 0.3) is 0 Å². The summed E-state index contributed by atoms with van der Waals surface area (Å²) in [6.07, 6.45) is 5.94. The summed E-state index contributed by atoms with van der Waals surface area (Å²) in [5.41, 5.74) is 6.59. The number of likely N-dealkylation sites (tertiary alicyclic amines) is 1. The van der Waals surface area contributed by atoms with E-state index in [4.69, 9.17) is 10.7 Å². The molecule has 0 spiro atoms. The highest BCUT2D eigenvalue weighted by atomic mass is 16.1. The highest BCUT2D eigenvalue weighted by Crippen LogP contribution is 2.25. The van der Waals surface area contributed by atoms with Crippen molar-refractivity contribution in [2.75, 3.05) is 37.6 Å². The van der Waals surface area contributed by atoms with Crippen LogP contribution in [0.4, 0.5) is 5.82 Å². The predicted octanol–water partition coefficient (Wildman–Crippen LogP) is 1.98. The van der Waals surface area contributed by atoms with E-state index in [1.807, 2.05) is 12.3 Å². The fourth-order valence-electron chi connectivity index (χ4n) is 4.18. The smallest absolute Gasteiger partial charge is 0.220 e. The first-order valence-corrected chi connectivity index (χ1v) is 10.6. The highest BCUT2D eigenvalue weighted by Gasteiger charge is 2.25. The lowest BCUT2D eigenvalue weighted by Gasteiger charge is -2.34. The first-order valence-electron chi connectivity index (χ1n) is 10.6. The molecule has 7 heteroatoms. The second-order valence-electron chi connectivity index (χ2n) is 8.01. The van der Waals surface area contributed by atoms with E-state index in [2.05, 4.69) is 40.0 Å². The van der Waals surface area contributed by atoms with Crippen LogP contribution in [0.1, 0.15) is 45.1 Å². The summed E-state index contributed by atoms with van der Waals surface area (Å²) in [5, 5.41) is 3.45. The molecule has 0 radical (unpaired) electrons. The first-order chi connectivity index (χ1) is 13.6. The molecule has 2 fully saturated rings. The molecule has 0 aliphatic carbocycles. The molecule has 1 aromatic rings. The molecule has 0 bridgehead atoms. The Balaban J connectivity index is 1.71. The molecule has 0 aromatic carbocycles. The number of nitrogens with two attached hydrogens (primary N) is 1. The third kappa shape index (κ3) is 5.14. The lowest BCUT2D eigenvalue weighted by molar-refractivity contribution is -0.122. The Morgan fingerprint density at radius 2 is 2.11 bits per heavy atom. The number of piperidine rings is 2. The average Bonchev–Trinajstić information content (AvgIpc) is 2.71. The fraction of sp³-hybridized carbons (Fsp3) is 0.667. The van der Waals surface area contributed by atoms with Gasteiger partial charge in [0.1, 0.15) is 5.82 Å². The van der Waals surface area contributed by atoms with Crippen LogP contribution >= 0.6 is 0 Å². The van der Waals surface area contributed by atoms with E-state index < -0.39 is 0 Å². The average molecular weight is 387 g/mol. The Bertz CT molecular complexity index is 683.